The Bertz CT molecular complexity index is 481. The summed E-state index contributed by atoms with van der Waals surface area (Å²) >= 11 is 0. The standard InChI is InChI=1S/C11H12FN3O3/c12-9-3-7(1-2-10(9)13)15-5-8(4-14-6-16)18-11(15)17/h1-3,6,8H,4-5,13H2,(H,14,16)/t8-/m0/s1. The first-order valence-corrected chi connectivity index (χ1v) is 5.32. The smallest absolute Gasteiger partial charge is 0.414 e. The van der Waals surface area contributed by atoms with Gasteiger partial charge in [0.25, 0.3) is 0 Å². The van der Waals surface area contributed by atoms with Gasteiger partial charge in [0.15, 0.2) is 0 Å². The number of amides is 2. The highest BCUT2D eigenvalue weighted by atomic mass is 19.1. The molecule has 0 aliphatic carbocycles. The highest BCUT2D eigenvalue weighted by Gasteiger charge is 2.32. The van der Waals surface area contributed by atoms with E-state index in [4.69, 9.17) is 10.5 Å². The van der Waals surface area contributed by atoms with Crippen LogP contribution in [-0.2, 0) is 9.53 Å². The van der Waals surface area contributed by atoms with E-state index < -0.39 is 18.0 Å². The maximum Gasteiger partial charge on any atom is 0.414 e. The minimum Gasteiger partial charge on any atom is -0.442 e. The van der Waals surface area contributed by atoms with Crippen LogP contribution in [0.2, 0.25) is 0 Å². The molecule has 0 aromatic heterocycles. The number of carbonyl (C=O) groups is 2. The Balaban J connectivity index is 2.11. The van der Waals surface area contributed by atoms with Crippen LogP contribution in [0.1, 0.15) is 0 Å². The van der Waals surface area contributed by atoms with Crippen LogP contribution in [0.25, 0.3) is 0 Å². The van der Waals surface area contributed by atoms with Gasteiger partial charge in [0.2, 0.25) is 6.41 Å². The molecule has 1 atom stereocenters. The zero-order chi connectivity index (χ0) is 13.1. The van der Waals surface area contributed by atoms with E-state index in [0.717, 1.165) is 0 Å². The molecule has 2 rings (SSSR count). The Labute approximate surface area is 103 Å². The van der Waals surface area contributed by atoms with Crippen LogP contribution in [-0.4, -0.2) is 31.7 Å². The molecular formula is C11H12FN3O3. The molecule has 0 radical (unpaired) electrons. The number of nitrogens with two attached hydrogens (primary N) is 1. The number of rotatable bonds is 4. The molecule has 96 valence electrons. The van der Waals surface area contributed by atoms with E-state index in [0.29, 0.717) is 12.1 Å². The summed E-state index contributed by atoms with van der Waals surface area (Å²) in [6, 6.07) is 4.09. The van der Waals surface area contributed by atoms with Crippen LogP contribution in [0.5, 0.6) is 0 Å². The van der Waals surface area contributed by atoms with Crippen molar-refractivity contribution in [2.24, 2.45) is 0 Å². The fourth-order valence-corrected chi connectivity index (χ4v) is 1.70. The van der Waals surface area contributed by atoms with Gasteiger partial charge in [-0.05, 0) is 18.2 Å². The van der Waals surface area contributed by atoms with Crippen molar-refractivity contribution in [1.29, 1.82) is 0 Å². The zero-order valence-corrected chi connectivity index (χ0v) is 9.43. The molecule has 1 aromatic carbocycles. The van der Waals surface area contributed by atoms with Crippen molar-refractivity contribution in [1.82, 2.24) is 5.32 Å². The fourth-order valence-electron chi connectivity index (χ4n) is 1.70. The fraction of sp³-hybridized carbons (Fsp3) is 0.273. The summed E-state index contributed by atoms with van der Waals surface area (Å²) < 4.78 is 18.3. The van der Waals surface area contributed by atoms with E-state index in [1.54, 1.807) is 0 Å². The van der Waals surface area contributed by atoms with Crippen molar-refractivity contribution in [3.63, 3.8) is 0 Å². The average molecular weight is 253 g/mol. The van der Waals surface area contributed by atoms with E-state index >= 15 is 0 Å². The Morgan fingerprint density at radius 3 is 3.06 bits per heavy atom. The highest BCUT2D eigenvalue weighted by Crippen LogP contribution is 2.24. The van der Waals surface area contributed by atoms with E-state index in [-0.39, 0.29) is 18.8 Å². The predicted molar refractivity (Wildman–Crippen MR) is 62.5 cm³/mol. The summed E-state index contributed by atoms with van der Waals surface area (Å²) in [6.45, 7) is 0.478. The molecule has 18 heavy (non-hydrogen) atoms. The lowest BCUT2D eigenvalue weighted by atomic mass is 10.2. The normalized spacial score (nSPS) is 18.6. The Morgan fingerprint density at radius 1 is 1.61 bits per heavy atom. The molecular weight excluding hydrogens is 241 g/mol. The summed E-state index contributed by atoms with van der Waals surface area (Å²) in [4.78, 5) is 23.0. The monoisotopic (exact) mass is 253 g/mol. The van der Waals surface area contributed by atoms with Crippen LogP contribution >= 0.6 is 0 Å². The van der Waals surface area contributed by atoms with Crippen molar-refractivity contribution < 1.29 is 18.7 Å². The highest BCUT2D eigenvalue weighted by molar-refractivity contribution is 5.90. The maximum absolute atomic E-state index is 13.3. The van der Waals surface area contributed by atoms with E-state index in [1.807, 2.05) is 0 Å². The third kappa shape index (κ3) is 2.34. The third-order valence-corrected chi connectivity index (χ3v) is 2.60. The lowest BCUT2D eigenvalue weighted by Gasteiger charge is -2.13. The number of nitrogen functional groups attached to an aromatic ring is 1. The number of hydrogen-bond acceptors (Lipinski definition) is 4. The van der Waals surface area contributed by atoms with Gasteiger partial charge < -0.3 is 15.8 Å². The molecule has 1 heterocycles. The number of halogens is 1. The SMILES string of the molecule is Nc1ccc(N2C[C@H](CNC=O)OC2=O)cc1F. The number of cyclic esters (lactones) is 1. The molecule has 1 saturated heterocycles. The van der Waals surface area contributed by atoms with Crippen molar-refractivity contribution in [2.45, 2.75) is 6.10 Å². The minimum absolute atomic E-state index is 0.0190. The van der Waals surface area contributed by atoms with Gasteiger partial charge in [-0.1, -0.05) is 0 Å². The lowest BCUT2D eigenvalue weighted by Crippen LogP contribution is -2.30. The number of carbonyl (C=O) groups excluding carboxylic acids is 2. The van der Waals surface area contributed by atoms with Crippen LogP contribution in [0.3, 0.4) is 0 Å². The molecule has 1 fully saturated rings. The second-order valence-electron chi connectivity index (χ2n) is 3.85. The van der Waals surface area contributed by atoms with E-state index in [2.05, 4.69) is 5.32 Å². The van der Waals surface area contributed by atoms with Gasteiger partial charge in [0.05, 0.1) is 24.5 Å². The summed E-state index contributed by atoms with van der Waals surface area (Å²) in [5, 5.41) is 2.42. The average Bonchev–Trinajstić information content (AvgIpc) is 2.71. The van der Waals surface area contributed by atoms with Crippen molar-refractivity contribution in [3.05, 3.63) is 24.0 Å². The number of ether oxygens (including phenoxy) is 1. The number of benzene rings is 1. The topological polar surface area (TPSA) is 84.7 Å². The van der Waals surface area contributed by atoms with Gasteiger partial charge in [-0.2, -0.15) is 0 Å². The van der Waals surface area contributed by atoms with E-state index in [1.165, 1.54) is 23.1 Å². The molecule has 0 spiro atoms. The van der Waals surface area contributed by atoms with Gasteiger partial charge in [-0.3, -0.25) is 9.69 Å². The van der Waals surface area contributed by atoms with Crippen LogP contribution in [0.15, 0.2) is 18.2 Å². The number of nitrogens with zero attached hydrogens (tertiary/aromatic N) is 1. The molecule has 0 unspecified atom stereocenters. The first-order chi connectivity index (χ1) is 8.61. The van der Waals surface area contributed by atoms with Crippen molar-refractivity contribution in [2.75, 3.05) is 23.7 Å². The second kappa shape index (κ2) is 4.91. The number of hydrogen-bond donors (Lipinski definition) is 2. The quantitative estimate of drug-likeness (QED) is 0.603. The largest absolute Gasteiger partial charge is 0.442 e. The molecule has 0 saturated carbocycles. The minimum atomic E-state index is -0.588. The molecule has 7 heteroatoms. The first-order valence-electron chi connectivity index (χ1n) is 5.32. The first kappa shape index (κ1) is 12.2. The van der Waals surface area contributed by atoms with Crippen LogP contribution in [0.4, 0.5) is 20.6 Å². The third-order valence-electron chi connectivity index (χ3n) is 2.60. The van der Waals surface area contributed by atoms with Gasteiger partial charge in [-0.15, -0.1) is 0 Å². The zero-order valence-electron chi connectivity index (χ0n) is 9.43. The molecule has 3 N–H and O–H groups in total. The predicted octanol–water partition coefficient (Wildman–Crippen LogP) is 0.479. The molecule has 2 amide bonds. The van der Waals surface area contributed by atoms with Crippen molar-refractivity contribution >= 4 is 23.9 Å². The Morgan fingerprint density at radius 2 is 2.39 bits per heavy atom. The van der Waals surface area contributed by atoms with E-state index in [9.17, 15) is 14.0 Å². The summed E-state index contributed by atoms with van der Waals surface area (Å²) in [7, 11) is 0. The van der Waals surface area contributed by atoms with Crippen LogP contribution < -0.4 is 16.0 Å². The maximum atomic E-state index is 13.3. The molecule has 1 aliphatic heterocycles. The Kier molecular flexibility index (Phi) is 3.31. The molecule has 6 nitrogen and oxygen atoms in total. The van der Waals surface area contributed by atoms with Gasteiger partial charge >= 0.3 is 6.09 Å². The van der Waals surface area contributed by atoms with Gasteiger partial charge in [0.1, 0.15) is 11.9 Å². The number of anilines is 2. The van der Waals surface area contributed by atoms with Crippen molar-refractivity contribution in [3.8, 4) is 0 Å². The number of nitrogens with one attached hydrogen (secondary N) is 1. The second-order valence-corrected chi connectivity index (χ2v) is 3.85. The molecule has 1 aliphatic rings. The Hall–Kier alpha value is -2.31. The summed E-state index contributed by atoms with van der Waals surface area (Å²) in [5.41, 5.74) is 5.75. The lowest BCUT2D eigenvalue weighted by molar-refractivity contribution is -0.109. The molecule has 0 bridgehead atoms. The summed E-state index contributed by atoms with van der Waals surface area (Å²) in [6.07, 6.45) is -0.487. The van der Waals surface area contributed by atoms with Crippen LogP contribution in [0, 0.1) is 5.82 Å². The summed E-state index contributed by atoms with van der Waals surface area (Å²) in [5.74, 6) is -0.588. The molecule has 1 aromatic rings. The van der Waals surface area contributed by atoms with Gasteiger partial charge in [0, 0.05) is 0 Å². The van der Waals surface area contributed by atoms with Gasteiger partial charge in [-0.25, -0.2) is 9.18 Å².